The second-order valence-electron chi connectivity index (χ2n) is 29.8. The summed E-state index contributed by atoms with van der Waals surface area (Å²) in [5.74, 6) is 0. The lowest BCUT2D eigenvalue weighted by Gasteiger charge is -2.45. The third kappa shape index (κ3) is 8.77. The van der Waals surface area contributed by atoms with Crippen LogP contribution in [0.3, 0.4) is 0 Å². The highest BCUT2D eigenvalue weighted by Crippen LogP contribution is 2.50. The largest absolute Gasteiger partial charge is 0.311 e. The summed E-state index contributed by atoms with van der Waals surface area (Å²) in [5.41, 5.74) is 22.7. The number of anilines is 6. The van der Waals surface area contributed by atoms with E-state index in [1.807, 2.05) is 72.8 Å². The van der Waals surface area contributed by atoms with Crippen LogP contribution in [0.4, 0.5) is 34.1 Å². The van der Waals surface area contributed by atoms with E-state index in [0.717, 1.165) is 95.2 Å². The van der Waals surface area contributed by atoms with Crippen molar-refractivity contribution in [3.05, 3.63) is 273 Å². The summed E-state index contributed by atoms with van der Waals surface area (Å²) in [6.07, 6.45) is 0. The molecule has 14 aromatic rings. The average molecular weight is 1200 g/mol. The monoisotopic (exact) mass is 1200 g/mol. The van der Waals surface area contributed by atoms with E-state index in [4.69, 9.17) is 0 Å². The summed E-state index contributed by atoms with van der Waals surface area (Å²) in [7, 11) is 0. The van der Waals surface area contributed by atoms with Gasteiger partial charge in [-0.05, 0) is 182 Å². The summed E-state index contributed by atoms with van der Waals surface area (Å²) in [6, 6.07) is 83.6. The van der Waals surface area contributed by atoms with E-state index in [1.165, 1.54) is 38.5 Å². The molecule has 16 rings (SSSR count). The second-order valence-corrected chi connectivity index (χ2v) is 29.8. The maximum absolute atomic E-state index is 14.5. The molecule has 0 saturated carbocycles. The van der Waals surface area contributed by atoms with Gasteiger partial charge in [-0.15, -0.1) is 0 Å². The van der Waals surface area contributed by atoms with E-state index >= 15 is 0 Å². The molecule has 2 aliphatic heterocycles. The maximum Gasteiger partial charge on any atom is 0.252 e. The molecule has 0 atom stereocenters. The van der Waals surface area contributed by atoms with E-state index in [1.54, 1.807) is 0 Å². The molecule has 3 aromatic heterocycles. The van der Waals surface area contributed by atoms with Crippen molar-refractivity contribution in [1.29, 1.82) is 0 Å². The standard InChI is InChI=1S/C84H74BN5O2/c1-81(2,3)51-41-52(82(4,5)6)44-57(43-51)89-74-47-55(86-70-33-21-15-27-62(70)79(91)63-28-16-22-34-71(63)86)37-39-66(74)85-67-40-38-56(87-72-35-23-17-29-64(72)80(92)65-30-18-24-36-73(65)87)48-75(67)90(58-45-53(83(7,8)9)42-54(46-58)84(10,11)12)77-50-59(49-76(89)78(77)85)88-68-31-19-13-25-60(68)61-26-14-20-32-69(61)88/h13-50H,1-12H3. The zero-order chi connectivity index (χ0) is 63.7. The number of para-hydroxylation sites is 6. The first-order valence-electron chi connectivity index (χ1n) is 32.4. The van der Waals surface area contributed by atoms with Gasteiger partial charge in [-0.25, -0.2) is 0 Å². The maximum atomic E-state index is 14.5. The minimum absolute atomic E-state index is 0.0216. The lowest BCUT2D eigenvalue weighted by atomic mass is 9.33. The van der Waals surface area contributed by atoms with Gasteiger partial charge in [-0.3, -0.25) is 9.59 Å². The Morgan fingerprint density at radius 3 is 0.826 bits per heavy atom. The molecule has 0 saturated heterocycles. The molecule has 0 aliphatic carbocycles. The predicted molar refractivity (Wildman–Crippen MR) is 391 cm³/mol. The van der Waals surface area contributed by atoms with Crippen LogP contribution >= 0.6 is 0 Å². The van der Waals surface area contributed by atoms with Crippen molar-refractivity contribution in [2.24, 2.45) is 0 Å². The van der Waals surface area contributed by atoms with E-state index in [-0.39, 0.29) is 39.2 Å². The van der Waals surface area contributed by atoms with Gasteiger partial charge in [0.05, 0.1) is 38.8 Å². The minimum atomic E-state index is -0.279. The lowest BCUT2D eigenvalue weighted by Crippen LogP contribution is -2.61. The van der Waals surface area contributed by atoms with E-state index in [2.05, 4.69) is 264 Å². The summed E-state index contributed by atoms with van der Waals surface area (Å²) >= 11 is 0. The zero-order valence-corrected chi connectivity index (χ0v) is 54.6. The van der Waals surface area contributed by atoms with E-state index in [0.29, 0.717) is 21.5 Å². The molecule has 0 amide bonds. The van der Waals surface area contributed by atoms with Crippen molar-refractivity contribution in [2.75, 3.05) is 9.80 Å². The van der Waals surface area contributed by atoms with Crippen molar-refractivity contribution in [2.45, 2.75) is 105 Å². The zero-order valence-electron chi connectivity index (χ0n) is 54.6. The molecule has 450 valence electrons. The van der Waals surface area contributed by atoms with Crippen molar-refractivity contribution in [1.82, 2.24) is 13.7 Å². The van der Waals surface area contributed by atoms with Crippen LogP contribution < -0.4 is 37.0 Å². The number of aromatic nitrogens is 3. The molecule has 2 aliphatic rings. The summed E-state index contributed by atoms with van der Waals surface area (Å²) in [4.78, 5) is 34.2. The molecule has 0 N–H and O–H groups in total. The molecule has 0 radical (unpaired) electrons. The molecule has 0 spiro atoms. The van der Waals surface area contributed by atoms with Crippen LogP contribution in [0.1, 0.15) is 105 Å². The summed E-state index contributed by atoms with van der Waals surface area (Å²) in [5, 5.41) is 5.06. The molecule has 8 heteroatoms. The van der Waals surface area contributed by atoms with Gasteiger partial charge in [0.25, 0.3) is 6.71 Å². The van der Waals surface area contributed by atoms with Gasteiger partial charge in [-0.2, -0.15) is 0 Å². The third-order valence-electron chi connectivity index (χ3n) is 19.8. The Morgan fingerprint density at radius 1 is 0.261 bits per heavy atom. The average Bonchev–Trinajstić information content (AvgIpc) is 1.11. The van der Waals surface area contributed by atoms with E-state index < -0.39 is 0 Å². The number of hydrogen-bond acceptors (Lipinski definition) is 4. The predicted octanol–water partition coefficient (Wildman–Crippen LogP) is 19.0. The van der Waals surface area contributed by atoms with Gasteiger partial charge in [0, 0.05) is 77.8 Å². The Balaban J connectivity index is 1.10. The smallest absolute Gasteiger partial charge is 0.252 e. The Bertz CT molecular complexity index is 5080. The van der Waals surface area contributed by atoms with Crippen LogP contribution in [-0.4, -0.2) is 20.4 Å². The Hall–Kier alpha value is -10.2. The molecule has 0 bridgehead atoms. The Kier molecular flexibility index (Phi) is 12.5. The Labute approximate surface area is 538 Å². The molecule has 11 aromatic carbocycles. The van der Waals surface area contributed by atoms with Gasteiger partial charge in [0.15, 0.2) is 10.9 Å². The number of pyridine rings is 2. The number of nitrogens with zero attached hydrogens (tertiary/aromatic N) is 5. The molecular formula is C84H74BN5O2. The summed E-state index contributed by atoms with van der Waals surface area (Å²) in [6.45, 7) is 27.6. The number of hydrogen-bond donors (Lipinski definition) is 0. The highest BCUT2D eigenvalue weighted by Gasteiger charge is 2.45. The SMILES string of the molecule is CC(C)(C)c1cc(N2c3cc(-n4c5ccccc5c(=O)c5ccccc54)ccc3B3c4ccc(-n5c6ccccc6c(=O)c6ccccc65)cc4N(c4cc(C(C)(C)C)cc(C(C)(C)C)c4)c4cc(-n5c6ccccc6c6ccccc65)cc2c43)cc(C(C)(C)C)c1. The van der Waals surface area contributed by atoms with Gasteiger partial charge < -0.3 is 23.5 Å². The second kappa shape index (κ2) is 20.2. The molecule has 0 fully saturated rings. The first kappa shape index (κ1) is 57.0. The van der Waals surface area contributed by atoms with Crippen molar-refractivity contribution in [3.63, 3.8) is 0 Å². The van der Waals surface area contributed by atoms with Crippen LogP contribution in [0.5, 0.6) is 0 Å². The fourth-order valence-corrected chi connectivity index (χ4v) is 14.9. The lowest BCUT2D eigenvalue weighted by molar-refractivity contribution is 0.568. The number of rotatable bonds is 5. The van der Waals surface area contributed by atoms with Gasteiger partial charge in [0.2, 0.25) is 0 Å². The highest BCUT2D eigenvalue weighted by atomic mass is 16.1. The van der Waals surface area contributed by atoms with Gasteiger partial charge >= 0.3 is 0 Å². The topological polar surface area (TPSA) is 55.4 Å². The van der Waals surface area contributed by atoms with Crippen LogP contribution in [0, 0.1) is 0 Å². The van der Waals surface area contributed by atoms with Gasteiger partial charge in [0.1, 0.15) is 0 Å². The first-order valence-corrected chi connectivity index (χ1v) is 32.4. The number of benzene rings is 11. The molecule has 0 unspecified atom stereocenters. The van der Waals surface area contributed by atoms with Crippen molar-refractivity contribution >= 4 is 123 Å². The minimum Gasteiger partial charge on any atom is -0.311 e. The van der Waals surface area contributed by atoms with Crippen molar-refractivity contribution in [3.8, 4) is 17.1 Å². The fourth-order valence-electron chi connectivity index (χ4n) is 14.9. The molecular weight excluding hydrogens is 1120 g/mol. The Morgan fingerprint density at radius 2 is 0.522 bits per heavy atom. The fraction of sp³-hybridized carbons (Fsp3) is 0.190. The summed E-state index contributed by atoms with van der Waals surface area (Å²) < 4.78 is 7.08. The molecule has 92 heavy (non-hydrogen) atoms. The molecule has 5 heterocycles. The van der Waals surface area contributed by atoms with Crippen molar-refractivity contribution < 1.29 is 0 Å². The first-order chi connectivity index (χ1) is 44.0. The quantitative estimate of drug-likeness (QED) is 0.127. The normalized spacial score (nSPS) is 13.5. The van der Waals surface area contributed by atoms with Crippen LogP contribution in [-0.2, 0) is 21.7 Å². The van der Waals surface area contributed by atoms with Gasteiger partial charge in [-0.1, -0.05) is 192 Å². The molecule has 7 nitrogen and oxygen atoms in total. The number of fused-ring (bicyclic) bond motifs is 11. The van der Waals surface area contributed by atoms with Crippen LogP contribution in [0.15, 0.2) is 240 Å². The van der Waals surface area contributed by atoms with Crippen LogP contribution in [0.2, 0.25) is 0 Å². The van der Waals surface area contributed by atoms with Crippen LogP contribution in [0.25, 0.3) is 82.5 Å². The third-order valence-corrected chi connectivity index (χ3v) is 19.8. The van der Waals surface area contributed by atoms with E-state index in [9.17, 15) is 9.59 Å². The highest BCUT2D eigenvalue weighted by molar-refractivity contribution is 7.00.